The lowest BCUT2D eigenvalue weighted by molar-refractivity contribution is -0.139. The SMILES string of the molecule is C[S@@](=O)(=NS(=O)(=O)c1ccccc1C(F)(F)F)c1ccc(Cl)cc1. The highest BCUT2D eigenvalue weighted by Gasteiger charge is 2.37. The second-order valence-corrected chi connectivity index (χ2v) is 9.30. The van der Waals surface area contributed by atoms with Gasteiger partial charge in [0.2, 0.25) is 0 Å². The minimum atomic E-state index is -4.88. The van der Waals surface area contributed by atoms with E-state index in [2.05, 4.69) is 3.77 Å². The van der Waals surface area contributed by atoms with E-state index >= 15 is 0 Å². The molecule has 0 amide bonds. The molecule has 0 bridgehead atoms. The molecule has 0 N–H and O–H groups in total. The molecule has 1 atom stereocenters. The van der Waals surface area contributed by atoms with Crippen molar-refractivity contribution >= 4 is 31.4 Å². The van der Waals surface area contributed by atoms with E-state index in [4.69, 9.17) is 11.6 Å². The molecule has 2 aromatic rings. The average molecular weight is 398 g/mol. The summed E-state index contributed by atoms with van der Waals surface area (Å²) in [5.74, 6) is 0. The number of hydrogen-bond donors (Lipinski definition) is 0. The summed E-state index contributed by atoms with van der Waals surface area (Å²) in [5.41, 5.74) is -1.36. The summed E-state index contributed by atoms with van der Waals surface area (Å²) in [6.07, 6.45) is -3.85. The summed E-state index contributed by atoms with van der Waals surface area (Å²) < 4.78 is 79.3. The molecule has 2 rings (SSSR count). The Morgan fingerprint density at radius 2 is 1.50 bits per heavy atom. The van der Waals surface area contributed by atoms with Gasteiger partial charge >= 0.3 is 6.18 Å². The number of sulfonamides is 1. The largest absolute Gasteiger partial charge is 0.417 e. The van der Waals surface area contributed by atoms with Gasteiger partial charge in [0.15, 0.2) is 0 Å². The van der Waals surface area contributed by atoms with Crippen LogP contribution in [-0.2, 0) is 25.9 Å². The molecule has 0 radical (unpaired) electrons. The van der Waals surface area contributed by atoms with E-state index in [1.807, 2.05) is 0 Å². The second-order valence-electron chi connectivity index (χ2n) is 4.80. The van der Waals surface area contributed by atoms with Gasteiger partial charge in [-0.2, -0.15) is 21.6 Å². The molecule has 2 aromatic carbocycles. The molecular formula is C14H11ClF3NO3S2. The minimum Gasteiger partial charge on any atom is -0.244 e. The van der Waals surface area contributed by atoms with Gasteiger partial charge in [0.1, 0.15) is 4.90 Å². The van der Waals surface area contributed by atoms with Crippen molar-refractivity contribution in [3.63, 3.8) is 0 Å². The van der Waals surface area contributed by atoms with Gasteiger partial charge in [-0.1, -0.05) is 23.7 Å². The van der Waals surface area contributed by atoms with E-state index < -0.39 is 36.4 Å². The lowest BCUT2D eigenvalue weighted by atomic mass is 10.2. The molecule has 0 fully saturated rings. The smallest absolute Gasteiger partial charge is 0.244 e. The quantitative estimate of drug-likeness (QED) is 0.779. The van der Waals surface area contributed by atoms with Crippen molar-refractivity contribution in [2.45, 2.75) is 16.0 Å². The van der Waals surface area contributed by atoms with Gasteiger partial charge < -0.3 is 0 Å². The molecule has 0 aliphatic heterocycles. The second kappa shape index (κ2) is 6.38. The molecule has 0 aromatic heterocycles. The fourth-order valence-electron chi connectivity index (χ4n) is 1.88. The van der Waals surface area contributed by atoms with Crippen molar-refractivity contribution in [3.8, 4) is 0 Å². The Kier molecular flexibility index (Phi) is 4.98. The molecule has 0 spiro atoms. The Hall–Kier alpha value is -1.58. The number of alkyl halides is 3. The molecule has 24 heavy (non-hydrogen) atoms. The van der Waals surface area contributed by atoms with Crippen LogP contribution in [0.3, 0.4) is 0 Å². The van der Waals surface area contributed by atoms with Gasteiger partial charge in [-0.15, -0.1) is 3.77 Å². The fourth-order valence-corrected chi connectivity index (χ4v) is 5.53. The average Bonchev–Trinajstić information content (AvgIpc) is 2.46. The number of benzene rings is 2. The highest BCUT2D eigenvalue weighted by Crippen LogP contribution is 2.35. The zero-order valence-electron chi connectivity index (χ0n) is 12.1. The summed E-state index contributed by atoms with van der Waals surface area (Å²) in [6, 6.07) is 8.97. The zero-order chi connectivity index (χ0) is 18.2. The molecule has 0 aliphatic carbocycles. The van der Waals surface area contributed by atoms with Crippen LogP contribution in [0.1, 0.15) is 5.56 Å². The predicted molar refractivity (Wildman–Crippen MR) is 84.8 cm³/mol. The van der Waals surface area contributed by atoms with Crippen LogP contribution in [0, 0.1) is 0 Å². The van der Waals surface area contributed by atoms with Crippen LogP contribution in [0.4, 0.5) is 13.2 Å². The Balaban J connectivity index is 2.64. The van der Waals surface area contributed by atoms with Crippen molar-refractivity contribution in [2.24, 2.45) is 3.77 Å². The number of nitrogens with zero attached hydrogens (tertiary/aromatic N) is 1. The van der Waals surface area contributed by atoms with Crippen molar-refractivity contribution < 1.29 is 25.8 Å². The van der Waals surface area contributed by atoms with E-state index in [0.29, 0.717) is 11.1 Å². The van der Waals surface area contributed by atoms with Crippen LogP contribution >= 0.6 is 11.6 Å². The molecule has 0 heterocycles. The normalized spacial score (nSPS) is 14.9. The van der Waals surface area contributed by atoms with Crippen molar-refractivity contribution in [1.82, 2.24) is 0 Å². The Morgan fingerprint density at radius 3 is 2.04 bits per heavy atom. The zero-order valence-corrected chi connectivity index (χ0v) is 14.5. The van der Waals surface area contributed by atoms with E-state index in [9.17, 15) is 25.8 Å². The topological polar surface area (TPSA) is 63.6 Å². The highest BCUT2D eigenvalue weighted by atomic mass is 35.5. The standard InChI is InChI=1S/C14H11ClF3NO3S2/c1-23(20,11-8-6-10(15)7-9-11)19-24(21,22)13-5-3-2-4-12(13)14(16,17)18/h2-9H,1H3/t23-/m0/s1. The van der Waals surface area contributed by atoms with Crippen LogP contribution < -0.4 is 0 Å². The van der Waals surface area contributed by atoms with Gasteiger partial charge in [0.25, 0.3) is 10.0 Å². The highest BCUT2D eigenvalue weighted by molar-refractivity contribution is 8.03. The third-order valence-corrected chi connectivity index (χ3v) is 7.20. The Labute approximate surface area is 142 Å². The first-order chi connectivity index (χ1) is 10.9. The number of halogens is 4. The van der Waals surface area contributed by atoms with Crippen LogP contribution in [0.2, 0.25) is 5.02 Å². The third-order valence-electron chi connectivity index (χ3n) is 2.96. The van der Waals surface area contributed by atoms with Crippen LogP contribution in [0.15, 0.2) is 62.1 Å². The van der Waals surface area contributed by atoms with Crippen molar-refractivity contribution in [3.05, 3.63) is 59.1 Å². The van der Waals surface area contributed by atoms with Crippen LogP contribution in [-0.4, -0.2) is 18.9 Å². The van der Waals surface area contributed by atoms with Gasteiger partial charge in [0.05, 0.1) is 15.3 Å². The molecule has 10 heteroatoms. The first kappa shape index (κ1) is 18.8. The van der Waals surface area contributed by atoms with Gasteiger partial charge in [-0.05, 0) is 36.4 Å². The molecule has 0 saturated carbocycles. The van der Waals surface area contributed by atoms with Crippen LogP contribution in [0.5, 0.6) is 0 Å². The van der Waals surface area contributed by atoms with E-state index in [-0.39, 0.29) is 4.90 Å². The maximum absolute atomic E-state index is 13.0. The summed E-state index contributed by atoms with van der Waals surface area (Å²) in [7, 11) is -8.28. The molecule has 4 nitrogen and oxygen atoms in total. The van der Waals surface area contributed by atoms with Crippen molar-refractivity contribution in [2.75, 3.05) is 6.26 Å². The Morgan fingerprint density at radius 1 is 0.958 bits per heavy atom. The fraction of sp³-hybridized carbons (Fsp3) is 0.143. The lowest BCUT2D eigenvalue weighted by Gasteiger charge is -2.11. The maximum Gasteiger partial charge on any atom is 0.417 e. The third kappa shape index (κ3) is 4.08. The van der Waals surface area contributed by atoms with E-state index in [1.54, 1.807) is 0 Å². The first-order valence-electron chi connectivity index (χ1n) is 6.34. The van der Waals surface area contributed by atoms with Gasteiger partial charge in [0, 0.05) is 16.2 Å². The Bertz CT molecular complexity index is 977. The molecule has 0 aliphatic rings. The summed E-state index contributed by atoms with van der Waals surface area (Å²) in [4.78, 5) is -0.999. The molecule has 0 saturated heterocycles. The van der Waals surface area contributed by atoms with Gasteiger partial charge in [-0.3, -0.25) is 0 Å². The molecule has 0 unspecified atom stereocenters. The minimum absolute atomic E-state index is 0.0416. The lowest BCUT2D eigenvalue weighted by Crippen LogP contribution is -2.13. The van der Waals surface area contributed by atoms with E-state index in [1.165, 1.54) is 24.3 Å². The summed E-state index contributed by atoms with van der Waals surface area (Å²) in [5, 5.41) is 0.333. The predicted octanol–water partition coefficient (Wildman–Crippen LogP) is 4.20. The van der Waals surface area contributed by atoms with Gasteiger partial charge in [-0.25, -0.2) is 4.21 Å². The number of rotatable bonds is 3. The molecule has 130 valence electrons. The first-order valence-corrected chi connectivity index (χ1v) is 10.1. The van der Waals surface area contributed by atoms with E-state index in [0.717, 1.165) is 24.5 Å². The number of hydrogen-bond acceptors (Lipinski definition) is 3. The maximum atomic E-state index is 13.0. The van der Waals surface area contributed by atoms with Crippen molar-refractivity contribution in [1.29, 1.82) is 0 Å². The summed E-state index contributed by atoms with van der Waals surface area (Å²) in [6.45, 7) is 0. The van der Waals surface area contributed by atoms with Crippen LogP contribution in [0.25, 0.3) is 0 Å². The molecular weight excluding hydrogens is 387 g/mol. The monoisotopic (exact) mass is 397 g/mol. The summed E-state index contributed by atoms with van der Waals surface area (Å²) >= 11 is 5.70.